The van der Waals surface area contributed by atoms with Gasteiger partial charge in [-0.2, -0.15) is 0 Å². The topological polar surface area (TPSA) is 66.4 Å². The molecule has 0 saturated heterocycles. The number of amides is 1. The minimum Gasteiger partial charge on any atom is -0.481 e. The van der Waals surface area contributed by atoms with Crippen molar-refractivity contribution in [3.63, 3.8) is 0 Å². The predicted molar refractivity (Wildman–Crippen MR) is 88.3 cm³/mol. The molecule has 2 N–H and O–H groups in total. The first kappa shape index (κ1) is 16.2. The van der Waals surface area contributed by atoms with Crippen LogP contribution in [0.3, 0.4) is 0 Å². The Morgan fingerprint density at radius 1 is 1.08 bits per heavy atom. The second-order valence-corrected chi connectivity index (χ2v) is 6.11. The molecule has 0 spiro atoms. The molecule has 0 unspecified atom stereocenters. The van der Waals surface area contributed by atoms with E-state index < -0.39 is 11.4 Å². The number of carbonyl (C=O) groups is 2. The lowest BCUT2D eigenvalue weighted by atomic mass is 9.94. The summed E-state index contributed by atoms with van der Waals surface area (Å²) in [6.07, 6.45) is 1.79. The van der Waals surface area contributed by atoms with E-state index in [1.54, 1.807) is 42.5 Å². The van der Waals surface area contributed by atoms with Gasteiger partial charge in [0.2, 0.25) is 5.91 Å². The molecule has 0 aromatic heterocycles. The third-order valence-electron chi connectivity index (χ3n) is 4.41. The van der Waals surface area contributed by atoms with Gasteiger partial charge in [-0.05, 0) is 43.0 Å². The molecule has 0 radical (unpaired) electrons. The van der Waals surface area contributed by atoms with E-state index in [2.05, 4.69) is 5.32 Å². The average molecular weight is 327 g/mol. The molecule has 1 fully saturated rings. The second kappa shape index (κ2) is 6.43. The van der Waals surface area contributed by atoms with Gasteiger partial charge in [-0.15, -0.1) is 0 Å². The molecular formula is C19H18FNO3. The fourth-order valence-corrected chi connectivity index (χ4v) is 2.85. The van der Waals surface area contributed by atoms with Gasteiger partial charge in [-0.1, -0.05) is 30.3 Å². The maximum absolute atomic E-state index is 14.0. The molecule has 0 heterocycles. The normalized spacial score (nSPS) is 14.9. The van der Waals surface area contributed by atoms with Crippen LogP contribution in [0, 0.1) is 5.82 Å². The smallest absolute Gasteiger partial charge is 0.303 e. The summed E-state index contributed by atoms with van der Waals surface area (Å²) in [4.78, 5) is 23.2. The largest absolute Gasteiger partial charge is 0.481 e. The van der Waals surface area contributed by atoms with Crippen molar-refractivity contribution in [1.82, 2.24) is 0 Å². The van der Waals surface area contributed by atoms with Crippen LogP contribution in [0.5, 0.6) is 0 Å². The number of benzene rings is 2. The Morgan fingerprint density at radius 2 is 1.75 bits per heavy atom. The van der Waals surface area contributed by atoms with Crippen molar-refractivity contribution in [2.75, 3.05) is 5.32 Å². The number of carboxylic acid groups (broad SMARTS) is 1. The molecular weight excluding hydrogens is 309 g/mol. The zero-order valence-corrected chi connectivity index (χ0v) is 13.1. The lowest BCUT2D eigenvalue weighted by molar-refractivity contribution is -0.137. The Kier molecular flexibility index (Phi) is 4.34. The van der Waals surface area contributed by atoms with Gasteiger partial charge in [0.25, 0.3) is 0 Å². The Balaban J connectivity index is 1.69. The lowest BCUT2D eigenvalue weighted by Gasteiger charge is -2.16. The summed E-state index contributed by atoms with van der Waals surface area (Å²) in [7, 11) is 0. The van der Waals surface area contributed by atoms with Crippen molar-refractivity contribution in [3.05, 3.63) is 65.5 Å². The second-order valence-electron chi connectivity index (χ2n) is 6.11. The molecule has 2 aromatic carbocycles. The van der Waals surface area contributed by atoms with Crippen LogP contribution in [-0.4, -0.2) is 17.0 Å². The molecule has 0 atom stereocenters. The molecule has 0 bridgehead atoms. The van der Waals surface area contributed by atoms with Crippen molar-refractivity contribution in [2.45, 2.75) is 31.1 Å². The highest BCUT2D eigenvalue weighted by atomic mass is 19.1. The summed E-state index contributed by atoms with van der Waals surface area (Å²) in [5, 5.41) is 11.5. The van der Waals surface area contributed by atoms with E-state index in [4.69, 9.17) is 5.11 Å². The maximum Gasteiger partial charge on any atom is 0.303 e. The molecule has 1 amide bonds. The lowest BCUT2D eigenvalue weighted by Crippen LogP contribution is -2.28. The van der Waals surface area contributed by atoms with E-state index in [9.17, 15) is 14.0 Å². The summed E-state index contributed by atoms with van der Waals surface area (Å²) in [6, 6.07) is 13.5. The molecule has 1 saturated carbocycles. The van der Waals surface area contributed by atoms with Crippen molar-refractivity contribution >= 4 is 17.6 Å². The van der Waals surface area contributed by atoms with Crippen LogP contribution in [0.2, 0.25) is 0 Å². The molecule has 124 valence electrons. The van der Waals surface area contributed by atoms with Crippen molar-refractivity contribution in [2.24, 2.45) is 0 Å². The van der Waals surface area contributed by atoms with E-state index in [-0.39, 0.29) is 18.1 Å². The van der Waals surface area contributed by atoms with E-state index in [0.717, 1.165) is 5.56 Å². The van der Waals surface area contributed by atoms with Crippen molar-refractivity contribution in [1.29, 1.82) is 0 Å². The predicted octanol–water partition coefficient (Wildman–Crippen LogP) is 3.51. The zero-order valence-electron chi connectivity index (χ0n) is 13.1. The number of rotatable bonds is 6. The summed E-state index contributed by atoms with van der Waals surface area (Å²) in [5.74, 6) is -1.40. The number of aliphatic carboxylic acids is 1. The molecule has 5 heteroatoms. The van der Waals surface area contributed by atoms with E-state index in [1.165, 1.54) is 6.07 Å². The van der Waals surface area contributed by atoms with Crippen LogP contribution in [0.15, 0.2) is 48.5 Å². The SMILES string of the molecule is O=C(O)CCc1ccc(NC(=O)C2(c3ccccc3F)CC2)cc1. The van der Waals surface area contributed by atoms with Crippen LogP contribution in [0.25, 0.3) is 0 Å². The van der Waals surface area contributed by atoms with Crippen LogP contribution in [-0.2, 0) is 21.4 Å². The molecule has 3 rings (SSSR count). The number of carbonyl (C=O) groups excluding carboxylic acids is 1. The first-order valence-corrected chi connectivity index (χ1v) is 7.88. The fourth-order valence-electron chi connectivity index (χ4n) is 2.85. The minimum atomic E-state index is -0.840. The highest BCUT2D eigenvalue weighted by molar-refractivity contribution is 6.01. The van der Waals surface area contributed by atoms with Gasteiger partial charge in [-0.25, -0.2) is 4.39 Å². The Bertz CT molecular complexity index is 766. The summed E-state index contributed by atoms with van der Waals surface area (Å²) < 4.78 is 14.0. The molecule has 0 aliphatic heterocycles. The van der Waals surface area contributed by atoms with Gasteiger partial charge >= 0.3 is 5.97 Å². The van der Waals surface area contributed by atoms with E-state index in [1.807, 2.05) is 0 Å². The molecule has 4 nitrogen and oxygen atoms in total. The minimum absolute atomic E-state index is 0.0715. The molecule has 1 aliphatic rings. The van der Waals surface area contributed by atoms with Gasteiger partial charge in [0.15, 0.2) is 0 Å². The summed E-state index contributed by atoms with van der Waals surface area (Å²) in [6.45, 7) is 0. The Morgan fingerprint density at radius 3 is 2.33 bits per heavy atom. The van der Waals surface area contributed by atoms with Crippen LogP contribution >= 0.6 is 0 Å². The van der Waals surface area contributed by atoms with Crippen LogP contribution < -0.4 is 5.32 Å². The number of hydrogen-bond acceptors (Lipinski definition) is 2. The zero-order chi connectivity index (χ0) is 17.2. The Hall–Kier alpha value is -2.69. The highest BCUT2D eigenvalue weighted by Gasteiger charge is 2.52. The number of carboxylic acids is 1. The van der Waals surface area contributed by atoms with Gasteiger partial charge in [0, 0.05) is 17.7 Å². The average Bonchev–Trinajstić information content (AvgIpc) is 3.36. The van der Waals surface area contributed by atoms with Crippen LogP contribution in [0.1, 0.15) is 30.4 Å². The van der Waals surface area contributed by atoms with E-state index >= 15 is 0 Å². The molecule has 24 heavy (non-hydrogen) atoms. The summed E-state index contributed by atoms with van der Waals surface area (Å²) >= 11 is 0. The number of anilines is 1. The van der Waals surface area contributed by atoms with Gasteiger partial charge in [0.05, 0.1) is 5.41 Å². The first-order valence-electron chi connectivity index (χ1n) is 7.88. The van der Waals surface area contributed by atoms with Crippen LogP contribution in [0.4, 0.5) is 10.1 Å². The number of halogens is 1. The standard InChI is InChI=1S/C19H18FNO3/c20-16-4-2-1-3-15(16)19(11-12-19)18(24)21-14-8-5-13(6-9-14)7-10-17(22)23/h1-6,8-9H,7,10-12H2,(H,21,24)(H,22,23). The van der Waals surface area contributed by atoms with Crippen molar-refractivity contribution < 1.29 is 19.1 Å². The number of nitrogens with one attached hydrogen (secondary N) is 1. The quantitative estimate of drug-likeness (QED) is 0.853. The first-order chi connectivity index (χ1) is 11.5. The summed E-state index contributed by atoms with van der Waals surface area (Å²) in [5.41, 5.74) is 1.20. The third kappa shape index (κ3) is 3.30. The van der Waals surface area contributed by atoms with Gasteiger partial charge in [0.1, 0.15) is 5.82 Å². The molecule has 1 aliphatic carbocycles. The maximum atomic E-state index is 14.0. The monoisotopic (exact) mass is 327 g/mol. The van der Waals surface area contributed by atoms with Gasteiger partial charge < -0.3 is 10.4 Å². The Labute approximate surface area is 139 Å². The molecule has 2 aromatic rings. The fraction of sp³-hybridized carbons (Fsp3) is 0.263. The third-order valence-corrected chi connectivity index (χ3v) is 4.41. The van der Waals surface area contributed by atoms with E-state index in [0.29, 0.717) is 30.5 Å². The van der Waals surface area contributed by atoms with Crippen molar-refractivity contribution in [3.8, 4) is 0 Å². The highest BCUT2D eigenvalue weighted by Crippen LogP contribution is 2.49. The number of hydrogen-bond donors (Lipinski definition) is 2. The number of aryl methyl sites for hydroxylation is 1. The van der Waals surface area contributed by atoms with Gasteiger partial charge in [-0.3, -0.25) is 9.59 Å².